The number of rotatable bonds is 3. The normalized spacial score (nSPS) is 15.8. The lowest BCUT2D eigenvalue weighted by atomic mass is 10.1. The van der Waals surface area contributed by atoms with Crippen molar-refractivity contribution in [3.05, 3.63) is 29.3 Å². The fourth-order valence-electron chi connectivity index (χ4n) is 2.02. The number of anilines is 1. The number of benzene rings is 1. The maximum absolute atomic E-state index is 5.76. The van der Waals surface area contributed by atoms with Gasteiger partial charge in [0, 0.05) is 18.8 Å². The van der Waals surface area contributed by atoms with Crippen LogP contribution in [0.4, 0.5) is 5.69 Å². The van der Waals surface area contributed by atoms with E-state index in [9.17, 15) is 0 Å². The summed E-state index contributed by atoms with van der Waals surface area (Å²) in [6, 6.07) is 6.28. The van der Waals surface area contributed by atoms with Gasteiger partial charge in [0.1, 0.15) is 0 Å². The molecular weight excluding hydrogens is 172 g/mol. The summed E-state index contributed by atoms with van der Waals surface area (Å²) < 4.78 is 0. The van der Waals surface area contributed by atoms with E-state index in [-0.39, 0.29) is 0 Å². The molecule has 0 aromatic heterocycles. The second-order valence-corrected chi connectivity index (χ2v) is 4.09. The lowest BCUT2D eigenvalue weighted by Gasteiger charge is -2.13. The molecule has 0 unspecified atom stereocenters. The van der Waals surface area contributed by atoms with Crippen LogP contribution in [0.15, 0.2) is 18.2 Å². The highest BCUT2D eigenvalue weighted by atomic mass is 15.1. The van der Waals surface area contributed by atoms with Crippen molar-refractivity contribution in [3.8, 4) is 0 Å². The van der Waals surface area contributed by atoms with Crippen molar-refractivity contribution < 1.29 is 0 Å². The van der Waals surface area contributed by atoms with E-state index < -0.39 is 0 Å². The van der Waals surface area contributed by atoms with E-state index in [1.165, 1.54) is 30.5 Å². The van der Waals surface area contributed by atoms with E-state index in [0.29, 0.717) is 0 Å². The molecule has 0 bridgehead atoms. The van der Waals surface area contributed by atoms with Gasteiger partial charge in [0.05, 0.1) is 0 Å². The van der Waals surface area contributed by atoms with Crippen LogP contribution >= 0.6 is 0 Å². The summed E-state index contributed by atoms with van der Waals surface area (Å²) in [5, 5.41) is 0. The molecule has 1 heterocycles. The van der Waals surface area contributed by atoms with Gasteiger partial charge in [-0.3, -0.25) is 4.90 Å². The molecule has 76 valence electrons. The molecule has 0 radical (unpaired) electrons. The molecular formula is C12H18N2. The van der Waals surface area contributed by atoms with Gasteiger partial charge in [-0.15, -0.1) is 0 Å². The third-order valence-electron chi connectivity index (χ3n) is 2.85. The Labute approximate surface area is 85.7 Å². The van der Waals surface area contributed by atoms with Gasteiger partial charge in [0.25, 0.3) is 0 Å². The minimum atomic E-state index is 0.890. The molecule has 0 saturated heterocycles. The van der Waals surface area contributed by atoms with E-state index >= 15 is 0 Å². The molecule has 0 spiro atoms. The van der Waals surface area contributed by atoms with Crippen LogP contribution in [0.5, 0.6) is 0 Å². The van der Waals surface area contributed by atoms with Gasteiger partial charge in [-0.05, 0) is 36.2 Å². The first-order valence-electron chi connectivity index (χ1n) is 5.39. The second-order valence-electron chi connectivity index (χ2n) is 4.09. The first-order valence-corrected chi connectivity index (χ1v) is 5.39. The van der Waals surface area contributed by atoms with Crippen LogP contribution in [0.2, 0.25) is 0 Å². The monoisotopic (exact) mass is 190 g/mol. The third kappa shape index (κ3) is 1.90. The maximum Gasteiger partial charge on any atom is 0.0317 e. The van der Waals surface area contributed by atoms with Gasteiger partial charge >= 0.3 is 0 Å². The molecule has 0 atom stereocenters. The van der Waals surface area contributed by atoms with E-state index in [1.54, 1.807) is 0 Å². The van der Waals surface area contributed by atoms with E-state index in [0.717, 1.165) is 18.8 Å². The number of hydrogen-bond acceptors (Lipinski definition) is 2. The summed E-state index contributed by atoms with van der Waals surface area (Å²) in [5.74, 6) is 0. The topological polar surface area (TPSA) is 29.3 Å². The van der Waals surface area contributed by atoms with Gasteiger partial charge in [0.2, 0.25) is 0 Å². The average molecular weight is 190 g/mol. The van der Waals surface area contributed by atoms with Crippen molar-refractivity contribution in [1.82, 2.24) is 4.90 Å². The molecule has 0 aliphatic carbocycles. The summed E-state index contributed by atoms with van der Waals surface area (Å²) in [7, 11) is 0. The first kappa shape index (κ1) is 9.53. The molecule has 2 heteroatoms. The fourth-order valence-corrected chi connectivity index (χ4v) is 2.02. The predicted octanol–water partition coefficient (Wildman–Crippen LogP) is 2.38. The van der Waals surface area contributed by atoms with Crippen molar-refractivity contribution in [2.24, 2.45) is 0 Å². The summed E-state index contributed by atoms with van der Waals surface area (Å²) in [6.45, 7) is 5.64. The van der Waals surface area contributed by atoms with E-state index in [1.807, 2.05) is 6.07 Å². The minimum absolute atomic E-state index is 0.890. The zero-order valence-electron chi connectivity index (χ0n) is 8.79. The number of fused-ring (bicyclic) bond motifs is 1. The van der Waals surface area contributed by atoms with Crippen LogP contribution in [-0.2, 0) is 13.1 Å². The smallest absolute Gasteiger partial charge is 0.0317 e. The van der Waals surface area contributed by atoms with Gasteiger partial charge in [-0.1, -0.05) is 19.4 Å². The Morgan fingerprint density at radius 2 is 2.07 bits per heavy atom. The van der Waals surface area contributed by atoms with Crippen molar-refractivity contribution >= 4 is 5.69 Å². The Bertz CT molecular complexity index is 320. The van der Waals surface area contributed by atoms with Crippen LogP contribution in [0.3, 0.4) is 0 Å². The van der Waals surface area contributed by atoms with Gasteiger partial charge in [-0.2, -0.15) is 0 Å². The number of unbranched alkanes of at least 4 members (excludes halogenated alkanes) is 1. The molecule has 1 aromatic carbocycles. The number of nitrogens with zero attached hydrogens (tertiary/aromatic N) is 1. The zero-order valence-corrected chi connectivity index (χ0v) is 8.79. The summed E-state index contributed by atoms with van der Waals surface area (Å²) in [6.07, 6.45) is 2.57. The Hall–Kier alpha value is -1.02. The largest absolute Gasteiger partial charge is 0.399 e. The van der Waals surface area contributed by atoms with Gasteiger partial charge in [0.15, 0.2) is 0 Å². The number of nitrogen functional groups attached to an aromatic ring is 1. The highest BCUT2D eigenvalue weighted by Gasteiger charge is 2.17. The van der Waals surface area contributed by atoms with Crippen LogP contribution in [-0.4, -0.2) is 11.4 Å². The molecule has 1 aliphatic heterocycles. The lowest BCUT2D eigenvalue weighted by molar-refractivity contribution is 0.279. The highest BCUT2D eigenvalue weighted by Crippen LogP contribution is 2.24. The first-order chi connectivity index (χ1) is 6.79. The molecule has 0 amide bonds. The summed E-state index contributed by atoms with van der Waals surface area (Å²) in [4.78, 5) is 2.49. The Morgan fingerprint density at radius 3 is 2.86 bits per heavy atom. The SMILES string of the molecule is CCCCN1Cc2ccc(N)cc2C1. The fraction of sp³-hybridized carbons (Fsp3) is 0.500. The van der Waals surface area contributed by atoms with Gasteiger partial charge < -0.3 is 5.73 Å². The lowest BCUT2D eigenvalue weighted by Crippen LogP contribution is -2.17. The van der Waals surface area contributed by atoms with E-state index in [4.69, 9.17) is 5.73 Å². The Balaban J connectivity index is 2.03. The molecule has 2 N–H and O–H groups in total. The van der Waals surface area contributed by atoms with Crippen molar-refractivity contribution in [1.29, 1.82) is 0 Å². The summed E-state index contributed by atoms with van der Waals surface area (Å²) >= 11 is 0. The minimum Gasteiger partial charge on any atom is -0.399 e. The number of hydrogen-bond donors (Lipinski definition) is 1. The van der Waals surface area contributed by atoms with E-state index in [2.05, 4.69) is 24.0 Å². The van der Waals surface area contributed by atoms with Gasteiger partial charge in [-0.25, -0.2) is 0 Å². The van der Waals surface area contributed by atoms with Crippen molar-refractivity contribution in [3.63, 3.8) is 0 Å². The van der Waals surface area contributed by atoms with Crippen LogP contribution in [0, 0.1) is 0 Å². The Kier molecular flexibility index (Phi) is 2.73. The standard InChI is InChI=1S/C12H18N2/c1-2-3-6-14-8-10-4-5-12(13)7-11(10)9-14/h4-5,7H,2-3,6,8-9,13H2,1H3. The Morgan fingerprint density at radius 1 is 1.29 bits per heavy atom. The third-order valence-corrected chi connectivity index (χ3v) is 2.85. The van der Waals surface area contributed by atoms with Crippen molar-refractivity contribution in [2.45, 2.75) is 32.9 Å². The van der Waals surface area contributed by atoms with Crippen LogP contribution in [0.25, 0.3) is 0 Å². The molecule has 2 nitrogen and oxygen atoms in total. The highest BCUT2D eigenvalue weighted by molar-refractivity contribution is 5.46. The predicted molar refractivity (Wildman–Crippen MR) is 59.9 cm³/mol. The molecule has 0 fully saturated rings. The van der Waals surface area contributed by atoms with Crippen LogP contribution < -0.4 is 5.73 Å². The summed E-state index contributed by atoms with van der Waals surface area (Å²) in [5.41, 5.74) is 9.52. The molecule has 1 aliphatic rings. The maximum atomic E-state index is 5.76. The van der Waals surface area contributed by atoms with Crippen LogP contribution in [0.1, 0.15) is 30.9 Å². The number of nitrogens with two attached hydrogens (primary N) is 1. The zero-order chi connectivity index (χ0) is 9.97. The molecule has 2 rings (SSSR count). The molecule has 0 saturated carbocycles. The molecule has 14 heavy (non-hydrogen) atoms. The second kappa shape index (κ2) is 4.01. The average Bonchev–Trinajstić information content (AvgIpc) is 2.56. The molecule has 1 aromatic rings. The van der Waals surface area contributed by atoms with Crippen molar-refractivity contribution in [2.75, 3.05) is 12.3 Å². The quantitative estimate of drug-likeness (QED) is 0.741.